The number of aryl methyl sites for hydroxylation is 1. The lowest BCUT2D eigenvalue weighted by molar-refractivity contribution is -0.394. The van der Waals surface area contributed by atoms with Crippen molar-refractivity contribution in [3.05, 3.63) is 62.2 Å². The molecule has 0 aromatic heterocycles. The average molecular weight is 354 g/mol. The molecule has 0 saturated heterocycles. The highest BCUT2D eigenvalue weighted by Gasteiger charge is 2.26. The highest BCUT2D eigenvalue weighted by Crippen LogP contribution is 2.33. The number of phenols is 1. The first-order chi connectivity index (χ1) is 11.1. The average Bonchev–Trinajstić information content (AvgIpc) is 2.49. The fraction of sp³-hybridized carbons (Fsp3) is 0.0769. The Morgan fingerprint density at radius 2 is 1.71 bits per heavy atom. The van der Waals surface area contributed by atoms with Crippen LogP contribution in [0.3, 0.4) is 0 Å². The molecule has 126 valence electrons. The Balaban J connectivity index is 2.47. The second-order valence-corrected chi connectivity index (χ2v) is 6.20. The third-order valence-corrected chi connectivity index (χ3v) is 4.24. The van der Waals surface area contributed by atoms with E-state index in [1.807, 2.05) is 0 Å². The van der Waals surface area contributed by atoms with Crippen LogP contribution in [0.15, 0.2) is 41.3 Å². The first-order valence-corrected chi connectivity index (χ1v) is 7.69. The molecule has 0 amide bonds. The molecule has 0 bridgehead atoms. The van der Waals surface area contributed by atoms with E-state index < -0.39 is 37.1 Å². The summed E-state index contributed by atoms with van der Waals surface area (Å²) in [7, 11) is -4.43. The molecule has 2 rings (SSSR count). The number of hydrogen-bond acceptors (Lipinski definition) is 8. The lowest BCUT2D eigenvalue weighted by Crippen LogP contribution is -2.11. The molecule has 10 nitrogen and oxygen atoms in total. The van der Waals surface area contributed by atoms with E-state index in [2.05, 4.69) is 0 Å². The van der Waals surface area contributed by atoms with Gasteiger partial charge in [0, 0.05) is 6.07 Å². The SMILES string of the molecule is Cc1cc(S(=O)(=O)Oc2ccc([N+](=O)[O-])cc2[N+](=O)[O-])ccc1O. The van der Waals surface area contributed by atoms with Crippen molar-refractivity contribution in [1.82, 2.24) is 0 Å². The summed E-state index contributed by atoms with van der Waals surface area (Å²) in [5, 5.41) is 31.1. The molecule has 0 fully saturated rings. The van der Waals surface area contributed by atoms with Gasteiger partial charge in [-0.25, -0.2) is 0 Å². The van der Waals surface area contributed by atoms with Crippen LogP contribution in [0.1, 0.15) is 5.56 Å². The Morgan fingerprint density at radius 1 is 1.04 bits per heavy atom. The maximum Gasteiger partial charge on any atom is 0.339 e. The summed E-state index contributed by atoms with van der Waals surface area (Å²) in [5.74, 6) is -0.786. The van der Waals surface area contributed by atoms with Gasteiger partial charge >= 0.3 is 15.8 Å². The number of phenolic OH excluding ortho intramolecular Hbond substituents is 1. The Bertz CT molecular complexity index is 939. The number of rotatable bonds is 5. The number of benzene rings is 2. The van der Waals surface area contributed by atoms with Crippen LogP contribution in [0.5, 0.6) is 11.5 Å². The monoisotopic (exact) mass is 354 g/mol. The van der Waals surface area contributed by atoms with Gasteiger partial charge in [-0.05, 0) is 36.8 Å². The zero-order valence-corrected chi connectivity index (χ0v) is 12.9. The van der Waals surface area contributed by atoms with Gasteiger partial charge in [0.1, 0.15) is 10.6 Å². The van der Waals surface area contributed by atoms with Crippen LogP contribution >= 0.6 is 0 Å². The summed E-state index contributed by atoms with van der Waals surface area (Å²) in [6.45, 7) is 1.46. The molecule has 11 heteroatoms. The Morgan fingerprint density at radius 3 is 2.25 bits per heavy atom. The van der Waals surface area contributed by atoms with Crippen molar-refractivity contribution in [3.63, 3.8) is 0 Å². The van der Waals surface area contributed by atoms with Gasteiger partial charge in [0.05, 0.1) is 15.9 Å². The highest BCUT2D eigenvalue weighted by molar-refractivity contribution is 7.87. The third kappa shape index (κ3) is 3.41. The van der Waals surface area contributed by atoms with Crippen molar-refractivity contribution in [3.8, 4) is 11.5 Å². The molecule has 0 heterocycles. The van der Waals surface area contributed by atoms with Crippen molar-refractivity contribution in [1.29, 1.82) is 0 Å². The molecule has 0 aliphatic rings. The smallest absolute Gasteiger partial charge is 0.339 e. The summed E-state index contributed by atoms with van der Waals surface area (Å²) in [5.41, 5.74) is -1.17. The lowest BCUT2D eigenvalue weighted by Gasteiger charge is -2.08. The second-order valence-electron chi connectivity index (χ2n) is 4.65. The molecule has 0 aliphatic carbocycles. The van der Waals surface area contributed by atoms with E-state index in [1.54, 1.807) is 0 Å². The Hall–Kier alpha value is -3.21. The predicted molar refractivity (Wildman–Crippen MR) is 80.4 cm³/mol. The first-order valence-electron chi connectivity index (χ1n) is 6.29. The van der Waals surface area contributed by atoms with Gasteiger partial charge in [-0.2, -0.15) is 8.42 Å². The summed E-state index contributed by atoms with van der Waals surface area (Å²) < 4.78 is 29.1. The van der Waals surface area contributed by atoms with Crippen LogP contribution in [0.4, 0.5) is 11.4 Å². The first kappa shape index (κ1) is 17.1. The minimum Gasteiger partial charge on any atom is -0.508 e. The van der Waals surface area contributed by atoms with Gasteiger partial charge in [-0.3, -0.25) is 20.2 Å². The van der Waals surface area contributed by atoms with E-state index in [0.29, 0.717) is 6.07 Å². The zero-order chi connectivity index (χ0) is 18.1. The predicted octanol–water partition coefficient (Wildman–Crippen LogP) is 2.28. The topological polar surface area (TPSA) is 150 Å². The minimum atomic E-state index is -4.43. The fourth-order valence-corrected chi connectivity index (χ4v) is 2.81. The van der Waals surface area contributed by atoms with Crippen molar-refractivity contribution < 1.29 is 27.6 Å². The summed E-state index contributed by atoms with van der Waals surface area (Å²) in [4.78, 5) is 19.5. The largest absolute Gasteiger partial charge is 0.508 e. The van der Waals surface area contributed by atoms with Crippen LogP contribution in [0.25, 0.3) is 0 Å². The van der Waals surface area contributed by atoms with Crippen molar-refractivity contribution in [2.24, 2.45) is 0 Å². The van der Waals surface area contributed by atoms with Crippen molar-refractivity contribution in [2.45, 2.75) is 11.8 Å². The summed E-state index contributed by atoms with van der Waals surface area (Å²) >= 11 is 0. The maximum atomic E-state index is 12.2. The molecule has 0 radical (unpaired) electrons. The molecule has 0 aliphatic heterocycles. The second kappa shape index (κ2) is 6.12. The standard InChI is InChI=1S/C13H10N2O8S/c1-8-6-10(3-4-12(8)16)24(21,22)23-13-5-2-9(14(17)18)7-11(13)15(19)20/h2-7,16H,1H3. The third-order valence-electron chi connectivity index (χ3n) is 3.01. The molecule has 2 aromatic carbocycles. The maximum absolute atomic E-state index is 12.2. The van der Waals surface area contributed by atoms with Gasteiger partial charge in [0.15, 0.2) is 0 Å². The molecule has 0 spiro atoms. The zero-order valence-electron chi connectivity index (χ0n) is 12.1. The van der Waals surface area contributed by atoms with Crippen LogP contribution in [-0.2, 0) is 10.1 Å². The van der Waals surface area contributed by atoms with E-state index in [-0.39, 0.29) is 16.2 Å². The van der Waals surface area contributed by atoms with Crippen molar-refractivity contribution in [2.75, 3.05) is 0 Å². The van der Waals surface area contributed by atoms with Crippen LogP contribution in [0.2, 0.25) is 0 Å². The van der Waals surface area contributed by atoms with Gasteiger partial charge < -0.3 is 9.29 Å². The number of hydrogen-bond donors (Lipinski definition) is 1. The summed E-state index contributed by atoms with van der Waals surface area (Å²) in [6, 6.07) is 5.65. The highest BCUT2D eigenvalue weighted by atomic mass is 32.2. The molecular formula is C13H10N2O8S. The van der Waals surface area contributed by atoms with Gasteiger partial charge in [-0.15, -0.1) is 0 Å². The van der Waals surface area contributed by atoms with E-state index in [4.69, 9.17) is 4.18 Å². The van der Waals surface area contributed by atoms with Gasteiger partial charge in [0.25, 0.3) is 5.69 Å². The van der Waals surface area contributed by atoms with E-state index in [9.17, 15) is 33.8 Å². The number of nitro groups is 2. The van der Waals surface area contributed by atoms with Crippen LogP contribution in [-0.4, -0.2) is 23.4 Å². The molecule has 24 heavy (non-hydrogen) atoms. The molecule has 0 atom stereocenters. The van der Waals surface area contributed by atoms with E-state index >= 15 is 0 Å². The van der Waals surface area contributed by atoms with E-state index in [0.717, 1.165) is 30.3 Å². The molecule has 2 aromatic rings. The number of aromatic hydroxyl groups is 1. The molecule has 1 N–H and O–H groups in total. The number of nitrogens with zero attached hydrogens (tertiary/aromatic N) is 2. The summed E-state index contributed by atoms with van der Waals surface area (Å²) in [6.07, 6.45) is 0. The molecule has 0 saturated carbocycles. The normalized spacial score (nSPS) is 11.0. The lowest BCUT2D eigenvalue weighted by atomic mass is 10.2. The van der Waals surface area contributed by atoms with Gasteiger partial charge in [-0.1, -0.05) is 0 Å². The molecule has 0 unspecified atom stereocenters. The van der Waals surface area contributed by atoms with E-state index in [1.165, 1.54) is 6.92 Å². The minimum absolute atomic E-state index is 0.129. The van der Waals surface area contributed by atoms with Crippen LogP contribution < -0.4 is 4.18 Å². The Kier molecular flexibility index (Phi) is 4.37. The van der Waals surface area contributed by atoms with Crippen molar-refractivity contribution >= 4 is 21.5 Å². The molecular weight excluding hydrogens is 344 g/mol. The Labute approximate surface area is 135 Å². The number of nitro benzene ring substituents is 2. The van der Waals surface area contributed by atoms with Gasteiger partial charge in [0.2, 0.25) is 5.75 Å². The fourth-order valence-electron chi connectivity index (χ4n) is 1.78. The van der Waals surface area contributed by atoms with Crippen LogP contribution in [0, 0.1) is 27.2 Å². The number of non-ortho nitro benzene ring substituents is 1. The quantitative estimate of drug-likeness (QED) is 0.488.